The van der Waals surface area contributed by atoms with E-state index >= 15 is 0 Å². The number of rotatable bonds is 15. The molecule has 0 radical (unpaired) electrons. The number of piperazine rings is 1. The number of aryl methyl sites for hydroxylation is 1. The number of aromatic nitrogens is 1. The predicted octanol–water partition coefficient (Wildman–Crippen LogP) is 9.05. The van der Waals surface area contributed by atoms with Gasteiger partial charge in [-0.1, -0.05) is 117 Å². The molecule has 1 saturated heterocycles. The first-order valence-electron chi connectivity index (χ1n) is 17.6. The van der Waals surface area contributed by atoms with E-state index in [2.05, 4.69) is 100 Å². The molecule has 1 aromatic heterocycles. The molecule has 232 valence electrons. The molecule has 1 aliphatic heterocycles. The lowest BCUT2D eigenvalue weighted by atomic mass is 9.92. The quantitative estimate of drug-likeness (QED) is 0.140. The molecule has 0 atom stereocenters. The molecule has 1 N–H and O–H groups in total. The van der Waals surface area contributed by atoms with Crippen molar-refractivity contribution in [3.8, 4) is 0 Å². The average Bonchev–Trinajstić information content (AvgIpc) is 3.08. The van der Waals surface area contributed by atoms with Gasteiger partial charge in [-0.2, -0.15) is 0 Å². The third-order valence-corrected chi connectivity index (χ3v) is 9.87. The van der Waals surface area contributed by atoms with Crippen LogP contribution in [0.3, 0.4) is 0 Å². The van der Waals surface area contributed by atoms with Crippen molar-refractivity contribution in [3.05, 3.63) is 107 Å². The molecule has 0 amide bonds. The van der Waals surface area contributed by atoms with E-state index in [9.17, 15) is 0 Å². The van der Waals surface area contributed by atoms with Crippen molar-refractivity contribution in [2.24, 2.45) is 0 Å². The molecule has 0 unspecified atom stereocenters. The molecular formula is C40H52N4. The molecule has 4 heteroatoms. The number of hydrogen-bond donors (Lipinski definition) is 1. The first-order valence-corrected chi connectivity index (χ1v) is 17.6. The Morgan fingerprint density at radius 2 is 1.20 bits per heavy atom. The van der Waals surface area contributed by atoms with Crippen LogP contribution in [-0.4, -0.2) is 54.1 Å². The van der Waals surface area contributed by atoms with Crippen LogP contribution in [0.25, 0.3) is 10.9 Å². The molecule has 0 bridgehead atoms. The molecule has 3 aromatic carbocycles. The van der Waals surface area contributed by atoms with Gasteiger partial charge in [-0.05, 0) is 67.8 Å². The van der Waals surface area contributed by atoms with E-state index in [0.29, 0.717) is 6.04 Å². The third-order valence-electron chi connectivity index (χ3n) is 9.87. The van der Waals surface area contributed by atoms with Gasteiger partial charge in [0.05, 0.1) is 11.6 Å². The van der Waals surface area contributed by atoms with Crippen molar-refractivity contribution in [2.75, 3.05) is 44.6 Å². The summed E-state index contributed by atoms with van der Waals surface area (Å²) in [5, 5.41) is 5.15. The first kappa shape index (κ1) is 30.8. The van der Waals surface area contributed by atoms with Crippen LogP contribution in [0.5, 0.6) is 0 Å². The van der Waals surface area contributed by atoms with Gasteiger partial charge >= 0.3 is 0 Å². The van der Waals surface area contributed by atoms with Crippen LogP contribution in [-0.2, 0) is 12.8 Å². The fourth-order valence-corrected chi connectivity index (χ4v) is 7.44. The zero-order valence-corrected chi connectivity index (χ0v) is 26.7. The minimum atomic E-state index is 0.358. The number of hydrogen-bond acceptors (Lipinski definition) is 4. The molecular weight excluding hydrogens is 536 g/mol. The lowest BCUT2D eigenvalue weighted by Crippen LogP contribution is -2.48. The van der Waals surface area contributed by atoms with Crippen LogP contribution in [0.1, 0.15) is 92.6 Å². The van der Waals surface area contributed by atoms with Gasteiger partial charge in [-0.25, -0.2) is 0 Å². The van der Waals surface area contributed by atoms with Crippen molar-refractivity contribution in [1.82, 2.24) is 14.8 Å². The summed E-state index contributed by atoms with van der Waals surface area (Å²) < 4.78 is 0. The predicted molar refractivity (Wildman–Crippen MR) is 187 cm³/mol. The second kappa shape index (κ2) is 16.2. The zero-order chi connectivity index (χ0) is 29.8. The number of nitrogens with one attached hydrogen (secondary N) is 1. The first-order chi connectivity index (χ1) is 21.9. The Morgan fingerprint density at radius 1 is 0.614 bits per heavy atom. The maximum absolute atomic E-state index is 4.99. The largest absolute Gasteiger partial charge is 0.384 e. The maximum atomic E-state index is 4.99. The van der Waals surface area contributed by atoms with Crippen LogP contribution in [0.4, 0.5) is 5.69 Å². The smallest absolute Gasteiger partial charge is 0.0726 e. The summed E-state index contributed by atoms with van der Waals surface area (Å²) in [4.78, 5) is 10.4. The van der Waals surface area contributed by atoms with Crippen LogP contribution in [0, 0.1) is 0 Å². The fourth-order valence-electron chi connectivity index (χ4n) is 7.44. The summed E-state index contributed by atoms with van der Waals surface area (Å²) in [6, 6.07) is 31.1. The normalized spacial score (nSPS) is 15.9. The highest BCUT2D eigenvalue weighted by Crippen LogP contribution is 2.33. The Balaban J connectivity index is 0.836. The number of fused-ring (bicyclic) bond motifs is 2. The Hall–Kier alpha value is -3.21. The summed E-state index contributed by atoms with van der Waals surface area (Å²) in [6.45, 7) is 6.98. The van der Waals surface area contributed by atoms with Gasteiger partial charge in [0.15, 0.2) is 0 Å². The van der Waals surface area contributed by atoms with Crippen LogP contribution >= 0.6 is 0 Å². The molecule has 1 aliphatic carbocycles. The molecule has 0 spiro atoms. The maximum Gasteiger partial charge on any atom is 0.0726 e. The van der Waals surface area contributed by atoms with Crippen LogP contribution < -0.4 is 5.32 Å². The SMILES string of the molecule is c1ccc(C(c2ccccc2)N2CCN(CCCCCCCCCCNc3c4c(nc5ccccc35)CCCC4)CC2)cc1. The van der Waals surface area contributed by atoms with Crippen molar-refractivity contribution >= 4 is 16.6 Å². The number of unbranched alkanes of at least 4 members (excludes halogenated alkanes) is 7. The second-order valence-corrected chi connectivity index (χ2v) is 13.0. The molecule has 4 aromatic rings. The summed E-state index contributed by atoms with van der Waals surface area (Å²) in [6.07, 6.45) is 15.7. The summed E-state index contributed by atoms with van der Waals surface area (Å²) in [5.41, 5.74) is 8.16. The van der Waals surface area contributed by atoms with E-state index in [1.807, 2.05) is 0 Å². The fraction of sp³-hybridized carbons (Fsp3) is 0.475. The Bertz CT molecular complexity index is 1370. The monoisotopic (exact) mass is 588 g/mol. The molecule has 2 aliphatic rings. The number of nitrogens with zero attached hydrogens (tertiary/aromatic N) is 3. The van der Waals surface area contributed by atoms with Crippen molar-refractivity contribution in [3.63, 3.8) is 0 Å². The standard InChI is InChI=1S/C40H52N4/c1(3-5-17-27-41-39-35-23-13-15-25-37(35)42-38-26-16-14-24-36(38)39)2-4-6-18-28-43-29-31-44(32-30-43)40(33-19-9-7-10-20-33)34-21-11-8-12-22-34/h7-13,15,19-23,25,40H,1-6,14,16-18,24,26-32H2,(H,41,42). The summed E-state index contributed by atoms with van der Waals surface area (Å²) >= 11 is 0. The number of benzene rings is 3. The van der Waals surface area contributed by atoms with Crippen LogP contribution in [0.2, 0.25) is 0 Å². The topological polar surface area (TPSA) is 31.4 Å². The van der Waals surface area contributed by atoms with Gasteiger partial charge in [0.25, 0.3) is 0 Å². The molecule has 2 heterocycles. The number of anilines is 1. The second-order valence-electron chi connectivity index (χ2n) is 13.0. The minimum absolute atomic E-state index is 0.358. The molecule has 1 fully saturated rings. The van der Waals surface area contributed by atoms with Gasteiger partial charge in [-0.15, -0.1) is 0 Å². The zero-order valence-electron chi connectivity index (χ0n) is 26.7. The van der Waals surface area contributed by atoms with E-state index in [1.165, 1.54) is 124 Å². The Kier molecular flexibility index (Phi) is 11.3. The van der Waals surface area contributed by atoms with E-state index in [-0.39, 0.29) is 0 Å². The van der Waals surface area contributed by atoms with Crippen molar-refractivity contribution < 1.29 is 0 Å². The van der Waals surface area contributed by atoms with E-state index < -0.39 is 0 Å². The minimum Gasteiger partial charge on any atom is -0.384 e. The van der Waals surface area contributed by atoms with Crippen LogP contribution in [0.15, 0.2) is 84.9 Å². The lowest BCUT2D eigenvalue weighted by molar-refractivity contribution is 0.108. The van der Waals surface area contributed by atoms with Gasteiger partial charge in [-0.3, -0.25) is 9.88 Å². The number of pyridine rings is 1. The number of para-hydroxylation sites is 1. The lowest BCUT2D eigenvalue weighted by Gasteiger charge is -2.39. The molecule has 44 heavy (non-hydrogen) atoms. The Labute approximate surface area is 265 Å². The van der Waals surface area contributed by atoms with Crippen molar-refractivity contribution in [2.45, 2.75) is 83.1 Å². The summed E-state index contributed by atoms with van der Waals surface area (Å²) in [7, 11) is 0. The van der Waals surface area contributed by atoms with E-state index in [1.54, 1.807) is 0 Å². The van der Waals surface area contributed by atoms with E-state index in [0.717, 1.165) is 31.6 Å². The highest BCUT2D eigenvalue weighted by atomic mass is 15.3. The molecule has 6 rings (SSSR count). The van der Waals surface area contributed by atoms with Gasteiger partial charge in [0.2, 0.25) is 0 Å². The highest BCUT2D eigenvalue weighted by Gasteiger charge is 2.26. The highest BCUT2D eigenvalue weighted by molar-refractivity contribution is 5.93. The third kappa shape index (κ3) is 8.08. The van der Waals surface area contributed by atoms with Gasteiger partial charge < -0.3 is 10.2 Å². The summed E-state index contributed by atoms with van der Waals surface area (Å²) in [5.74, 6) is 0. The van der Waals surface area contributed by atoms with Gasteiger partial charge in [0.1, 0.15) is 0 Å². The van der Waals surface area contributed by atoms with E-state index in [4.69, 9.17) is 4.98 Å². The van der Waals surface area contributed by atoms with Crippen molar-refractivity contribution in [1.29, 1.82) is 0 Å². The molecule has 0 saturated carbocycles. The molecule has 4 nitrogen and oxygen atoms in total. The average molecular weight is 589 g/mol. The Morgan fingerprint density at radius 3 is 1.91 bits per heavy atom. The van der Waals surface area contributed by atoms with Gasteiger partial charge in [0, 0.05) is 49.5 Å².